The largest absolute Gasteiger partial charge is 0.497 e. The maximum absolute atomic E-state index is 12.7. The van der Waals surface area contributed by atoms with E-state index in [0.29, 0.717) is 5.75 Å². The van der Waals surface area contributed by atoms with Crippen molar-refractivity contribution in [3.63, 3.8) is 0 Å². The van der Waals surface area contributed by atoms with E-state index < -0.39 is 12.6 Å². The fourth-order valence-electron chi connectivity index (χ4n) is 2.73. The maximum atomic E-state index is 12.7. The van der Waals surface area contributed by atoms with Gasteiger partial charge in [-0.3, -0.25) is 4.90 Å². The number of hydrogen-bond donors (Lipinski definition) is 1. The van der Waals surface area contributed by atoms with Gasteiger partial charge in [-0.2, -0.15) is 13.2 Å². The van der Waals surface area contributed by atoms with Crippen molar-refractivity contribution < 1.29 is 17.9 Å². The van der Waals surface area contributed by atoms with Crippen molar-refractivity contribution >= 4 is 28.3 Å². The van der Waals surface area contributed by atoms with Crippen LogP contribution in [0.1, 0.15) is 24.4 Å². The lowest BCUT2D eigenvalue weighted by atomic mass is 9.99. The minimum Gasteiger partial charge on any atom is -0.497 e. The summed E-state index contributed by atoms with van der Waals surface area (Å²) in [6.07, 6.45) is -4.88. The van der Waals surface area contributed by atoms with Crippen LogP contribution in [0.4, 0.5) is 13.2 Å². The van der Waals surface area contributed by atoms with E-state index in [1.807, 2.05) is 12.1 Å². The summed E-state index contributed by atoms with van der Waals surface area (Å²) in [7, 11) is 1.56. The highest BCUT2D eigenvalue weighted by atomic mass is 79.9. The minimum absolute atomic E-state index is 0. The van der Waals surface area contributed by atoms with Crippen molar-refractivity contribution in [3.8, 4) is 5.75 Å². The average molecular weight is 418 g/mol. The van der Waals surface area contributed by atoms with Crippen molar-refractivity contribution in [1.29, 1.82) is 0 Å². The number of hydrogen-bond acceptors (Lipinski definition) is 3. The monoisotopic (exact) mass is 416 g/mol. The Balaban J connectivity index is 0.00000264. The predicted molar refractivity (Wildman–Crippen MR) is 90.4 cm³/mol. The van der Waals surface area contributed by atoms with Crippen LogP contribution in [0.3, 0.4) is 0 Å². The van der Waals surface area contributed by atoms with Crippen LogP contribution < -0.4 is 10.1 Å². The third-order valence-electron chi connectivity index (χ3n) is 3.86. The van der Waals surface area contributed by atoms with Gasteiger partial charge < -0.3 is 10.1 Å². The van der Waals surface area contributed by atoms with E-state index in [2.05, 4.69) is 26.1 Å². The van der Waals surface area contributed by atoms with Gasteiger partial charge in [-0.05, 0) is 30.2 Å². The van der Waals surface area contributed by atoms with E-state index in [1.54, 1.807) is 13.2 Å². The molecule has 1 heterocycles. The summed E-state index contributed by atoms with van der Waals surface area (Å²) in [5.41, 5.74) is 0.852. The van der Waals surface area contributed by atoms with Gasteiger partial charge >= 0.3 is 6.18 Å². The molecule has 1 aromatic rings. The van der Waals surface area contributed by atoms with E-state index in [4.69, 9.17) is 4.74 Å². The smallest absolute Gasteiger partial charge is 0.389 e. The summed E-state index contributed by atoms with van der Waals surface area (Å²) in [5.74, 6) is 0.658. The molecule has 0 bridgehead atoms. The number of rotatable bonds is 5. The minimum atomic E-state index is -4.14. The molecule has 1 aliphatic rings. The highest BCUT2D eigenvalue weighted by molar-refractivity contribution is 9.10. The molecule has 1 aromatic carbocycles. The van der Waals surface area contributed by atoms with Crippen LogP contribution in [0.15, 0.2) is 22.7 Å². The number of halogens is 5. The van der Waals surface area contributed by atoms with E-state index in [0.717, 1.165) is 36.2 Å². The first-order chi connectivity index (χ1) is 10.4. The molecule has 2 rings (SSSR count). The number of benzene rings is 1. The number of nitrogens with zero attached hydrogens (tertiary/aromatic N) is 1. The van der Waals surface area contributed by atoms with E-state index >= 15 is 0 Å². The average Bonchev–Trinajstić information content (AvgIpc) is 2.49. The van der Waals surface area contributed by atoms with Gasteiger partial charge in [0, 0.05) is 43.1 Å². The molecule has 1 fully saturated rings. The van der Waals surface area contributed by atoms with Gasteiger partial charge in [-0.25, -0.2) is 0 Å². The molecule has 132 valence electrons. The van der Waals surface area contributed by atoms with Crippen molar-refractivity contribution in [2.75, 3.05) is 33.3 Å². The molecule has 1 atom stereocenters. The van der Waals surface area contributed by atoms with E-state index in [1.165, 1.54) is 0 Å². The third kappa shape index (κ3) is 6.14. The van der Waals surface area contributed by atoms with Gasteiger partial charge in [-0.1, -0.05) is 15.9 Å². The van der Waals surface area contributed by atoms with Crippen LogP contribution in [-0.2, 0) is 0 Å². The Labute approximate surface area is 149 Å². The van der Waals surface area contributed by atoms with Crippen molar-refractivity contribution in [2.24, 2.45) is 0 Å². The lowest BCUT2D eigenvalue weighted by Gasteiger charge is -2.36. The fourth-order valence-corrected chi connectivity index (χ4v) is 3.24. The summed E-state index contributed by atoms with van der Waals surface area (Å²) in [6.45, 7) is 3.08. The Hall–Kier alpha value is -0.500. The Morgan fingerprint density at radius 3 is 2.52 bits per heavy atom. The molecule has 0 aromatic heterocycles. The van der Waals surface area contributed by atoms with Crippen molar-refractivity contribution in [2.45, 2.75) is 25.1 Å². The number of alkyl halides is 3. The SMILES string of the molecule is COc1ccc(Br)c([C@@H](CCC(F)(F)F)N2CCNCC2)c1.Cl. The Morgan fingerprint density at radius 1 is 1.30 bits per heavy atom. The molecular formula is C15H21BrClF3N2O. The highest BCUT2D eigenvalue weighted by Crippen LogP contribution is 2.36. The molecule has 1 N–H and O–H groups in total. The van der Waals surface area contributed by atoms with Gasteiger partial charge in [0.25, 0.3) is 0 Å². The van der Waals surface area contributed by atoms with E-state index in [9.17, 15) is 13.2 Å². The van der Waals surface area contributed by atoms with Crippen LogP contribution in [0.25, 0.3) is 0 Å². The Bertz CT molecular complexity index is 496. The second-order valence-corrected chi connectivity index (χ2v) is 6.20. The Kier molecular flexibility index (Phi) is 8.13. The maximum Gasteiger partial charge on any atom is 0.389 e. The summed E-state index contributed by atoms with van der Waals surface area (Å²) in [6, 6.07) is 5.18. The molecular weight excluding hydrogens is 397 g/mol. The molecule has 1 saturated heterocycles. The number of piperazine rings is 1. The first-order valence-corrected chi connectivity index (χ1v) is 8.05. The van der Waals surface area contributed by atoms with Gasteiger partial charge in [0.15, 0.2) is 0 Å². The van der Waals surface area contributed by atoms with Crippen LogP contribution in [-0.4, -0.2) is 44.4 Å². The summed E-state index contributed by atoms with van der Waals surface area (Å²) in [5, 5.41) is 3.23. The van der Waals surface area contributed by atoms with Crippen LogP contribution in [0.5, 0.6) is 5.75 Å². The standard InChI is InChI=1S/C15H20BrF3N2O.ClH/c1-22-11-2-3-13(16)12(10-11)14(4-5-15(17,18)19)21-8-6-20-7-9-21;/h2-3,10,14,20H,4-9H2,1H3;1H/t14-;/m1./s1. The van der Waals surface area contributed by atoms with Gasteiger partial charge in [-0.15, -0.1) is 12.4 Å². The first kappa shape index (κ1) is 20.5. The van der Waals surface area contributed by atoms with Crippen LogP contribution in [0, 0.1) is 0 Å². The van der Waals surface area contributed by atoms with E-state index in [-0.39, 0.29) is 24.9 Å². The van der Waals surface area contributed by atoms with Crippen molar-refractivity contribution in [1.82, 2.24) is 10.2 Å². The molecule has 0 spiro atoms. The molecule has 23 heavy (non-hydrogen) atoms. The van der Waals surface area contributed by atoms with Gasteiger partial charge in [0.05, 0.1) is 7.11 Å². The molecule has 1 aliphatic heterocycles. The summed E-state index contributed by atoms with van der Waals surface area (Å²) in [4.78, 5) is 2.11. The van der Waals surface area contributed by atoms with Crippen molar-refractivity contribution in [3.05, 3.63) is 28.2 Å². The number of ether oxygens (including phenoxy) is 1. The second kappa shape index (κ2) is 9.11. The molecule has 3 nitrogen and oxygen atoms in total. The normalized spacial score (nSPS) is 17.4. The first-order valence-electron chi connectivity index (χ1n) is 7.25. The van der Waals surface area contributed by atoms with Crippen LogP contribution in [0.2, 0.25) is 0 Å². The molecule has 0 unspecified atom stereocenters. The zero-order chi connectivity index (χ0) is 16.2. The van der Waals surface area contributed by atoms with Gasteiger partial charge in [0.2, 0.25) is 0 Å². The lowest BCUT2D eigenvalue weighted by molar-refractivity contribution is -0.138. The lowest BCUT2D eigenvalue weighted by Crippen LogP contribution is -2.45. The molecule has 0 saturated carbocycles. The van der Waals surface area contributed by atoms with Gasteiger partial charge in [0.1, 0.15) is 5.75 Å². The molecule has 0 radical (unpaired) electrons. The second-order valence-electron chi connectivity index (χ2n) is 5.34. The quantitative estimate of drug-likeness (QED) is 0.778. The highest BCUT2D eigenvalue weighted by Gasteiger charge is 2.32. The van der Waals surface area contributed by atoms with Crippen LogP contribution >= 0.6 is 28.3 Å². The number of methoxy groups -OCH3 is 1. The molecule has 8 heteroatoms. The third-order valence-corrected chi connectivity index (χ3v) is 4.58. The predicted octanol–water partition coefficient (Wildman–Crippen LogP) is 4.17. The fraction of sp³-hybridized carbons (Fsp3) is 0.600. The molecule has 0 amide bonds. The molecule has 0 aliphatic carbocycles. The summed E-state index contributed by atoms with van der Waals surface area (Å²) >= 11 is 3.47. The zero-order valence-electron chi connectivity index (χ0n) is 12.8. The summed E-state index contributed by atoms with van der Waals surface area (Å²) < 4.78 is 44.1. The number of nitrogens with one attached hydrogen (secondary N) is 1. The zero-order valence-corrected chi connectivity index (χ0v) is 15.2. The topological polar surface area (TPSA) is 24.5 Å². The Morgan fingerprint density at radius 2 is 1.96 bits per heavy atom.